The van der Waals surface area contributed by atoms with Crippen molar-refractivity contribution in [1.82, 2.24) is 9.47 Å². The molecule has 0 unspecified atom stereocenters. The largest absolute Gasteiger partial charge is 0.486 e. The maximum atomic E-state index is 13.9. The number of para-hydroxylation sites is 1. The average molecular weight is 477 g/mol. The third kappa shape index (κ3) is 4.73. The first-order chi connectivity index (χ1) is 16.3. The van der Waals surface area contributed by atoms with Gasteiger partial charge in [-0.05, 0) is 23.5 Å². The Labute approximate surface area is 204 Å². The number of aromatic nitrogens is 1. The van der Waals surface area contributed by atoms with Crippen LogP contribution in [0.3, 0.4) is 0 Å². The third-order valence-electron chi connectivity index (χ3n) is 5.77. The second-order valence-electron chi connectivity index (χ2n) is 9.62. The lowest BCUT2D eigenvalue weighted by Gasteiger charge is -2.26. The minimum absolute atomic E-state index is 0.0715. The molecule has 2 heterocycles. The molecule has 5 nitrogen and oxygen atoms in total. The van der Waals surface area contributed by atoms with Crippen molar-refractivity contribution in [3.8, 4) is 5.75 Å². The van der Waals surface area contributed by atoms with E-state index in [9.17, 15) is 9.59 Å². The second-order valence-corrected chi connectivity index (χ2v) is 10.6. The highest BCUT2D eigenvalue weighted by molar-refractivity contribution is 7.22. The van der Waals surface area contributed by atoms with Crippen molar-refractivity contribution in [2.24, 2.45) is 18.9 Å². The van der Waals surface area contributed by atoms with Gasteiger partial charge in [-0.3, -0.25) is 9.59 Å². The van der Waals surface area contributed by atoms with Gasteiger partial charge in [0.2, 0.25) is 0 Å². The number of rotatable bonds is 8. The van der Waals surface area contributed by atoms with Crippen molar-refractivity contribution in [2.45, 2.75) is 34.3 Å². The van der Waals surface area contributed by atoms with Crippen LogP contribution in [-0.4, -0.2) is 28.5 Å². The molecule has 34 heavy (non-hydrogen) atoms. The predicted molar refractivity (Wildman–Crippen MR) is 141 cm³/mol. The molecule has 2 aromatic carbocycles. The minimum atomic E-state index is -0.147. The zero-order valence-corrected chi connectivity index (χ0v) is 21.3. The number of thiophene rings is 1. The fourth-order valence-electron chi connectivity index (χ4n) is 4.31. The van der Waals surface area contributed by atoms with Gasteiger partial charge in [-0.1, -0.05) is 76.2 Å². The Kier molecular flexibility index (Phi) is 7.08. The lowest BCUT2D eigenvalue weighted by molar-refractivity contribution is 0.0716. The third-order valence-corrected chi connectivity index (χ3v) is 6.96. The summed E-state index contributed by atoms with van der Waals surface area (Å²) in [6, 6.07) is 17.6. The van der Waals surface area contributed by atoms with Gasteiger partial charge in [0, 0.05) is 25.5 Å². The van der Waals surface area contributed by atoms with E-state index in [0.29, 0.717) is 40.9 Å². The van der Waals surface area contributed by atoms with Crippen LogP contribution in [0, 0.1) is 11.8 Å². The molecular formula is C28H32N2O3S. The lowest BCUT2D eigenvalue weighted by Crippen LogP contribution is -2.36. The molecule has 1 amide bonds. The molecule has 0 bridgehead atoms. The van der Waals surface area contributed by atoms with Gasteiger partial charge in [0.25, 0.3) is 11.5 Å². The van der Waals surface area contributed by atoms with E-state index < -0.39 is 0 Å². The zero-order chi connectivity index (χ0) is 24.4. The van der Waals surface area contributed by atoms with Gasteiger partial charge in [0.1, 0.15) is 16.9 Å². The number of ether oxygens (including phenoxy) is 1. The zero-order valence-electron chi connectivity index (χ0n) is 20.5. The number of fused-ring (bicyclic) bond motifs is 3. The number of benzene rings is 2. The lowest BCUT2D eigenvalue weighted by atomic mass is 10.1. The number of amides is 1. The number of aryl methyl sites for hydroxylation is 1. The van der Waals surface area contributed by atoms with Gasteiger partial charge in [0.05, 0.1) is 10.2 Å². The standard InChI is InChI=1S/C28H32N2O3S/c1-18(2)15-30(16-19(3)4)28(32)26-24(33-17-20-11-7-6-8-12-20)23-25(34-26)21-13-9-10-14-22(21)29(5)27(23)31/h6-14,18-19H,15-17H2,1-5H3. The molecule has 0 fully saturated rings. The van der Waals surface area contributed by atoms with Crippen molar-refractivity contribution in [3.63, 3.8) is 0 Å². The van der Waals surface area contributed by atoms with Crippen molar-refractivity contribution in [2.75, 3.05) is 13.1 Å². The summed E-state index contributed by atoms with van der Waals surface area (Å²) in [6.45, 7) is 10.0. The summed E-state index contributed by atoms with van der Waals surface area (Å²) >= 11 is 1.37. The maximum Gasteiger partial charge on any atom is 0.267 e. The van der Waals surface area contributed by atoms with Crippen LogP contribution in [0.4, 0.5) is 0 Å². The Morgan fingerprint density at radius 3 is 2.24 bits per heavy atom. The van der Waals surface area contributed by atoms with Crippen molar-refractivity contribution in [3.05, 3.63) is 75.4 Å². The molecule has 0 atom stereocenters. The molecule has 2 aromatic heterocycles. The van der Waals surface area contributed by atoms with Crippen LogP contribution >= 0.6 is 11.3 Å². The molecule has 0 saturated carbocycles. The summed E-state index contributed by atoms with van der Waals surface area (Å²) in [4.78, 5) is 29.8. The van der Waals surface area contributed by atoms with Gasteiger partial charge < -0.3 is 14.2 Å². The predicted octanol–water partition coefficient (Wildman–Crippen LogP) is 6.09. The van der Waals surface area contributed by atoms with Gasteiger partial charge >= 0.3 is 0 Å². The fourth-order valence-corrected chi connectivity index (χ4v) is 5.55. The van der Waals surface area contributed by atoms with E-state index in [4.69, 9.17) is 4.74 Å². The molecule has 0 saturated heterocycles. The molecule has 0 N–H and O–H groups in total. The van der Waals surface area contributed by atoms with Crippen LogP contribution in [0.2, 0.25) is 0 Å². The molecule has 4 aromatic rings. The smallest absolute Gasteiger partial charge is 0.267 e. The van der Waals surface area contributed by atoms with Crippen molar-refractivity contribution < 1.29 is 9.53 Å². The SMILES string of the molecule is CC(C)CN(CC(C)C)C(=O)c1sc2c(c1OCc1ccccc1)c(=O)n(C)c1ccccc21. The van der Waals surface area contributed by atoms with Gasteiger partial charge in [-0.15, -0.1) is 11.3 Å². The first-order valence-corrected chi connectivity index (χ1v) is 12.6. The Balaban J connectivity index is 1.92. The second kappa shape index (κ2) is 10.0. The van der Waals surface area contributed by atoms with Crippen LogP contribution in [0.1, 0.15) is 42.9 Å². The number of pyridine rings is 1. The highest BCUT2D eigenvalue weighted by atomic mass is 32.1. The molecule has 0 aliphatic heterocycles. The summed E-state index contributed by atoms with van der Waals surface area (Å²) in [5.41, 5.74) is 1.68. The highest BCUT2D eigenvalue weighted by Crippen LogP contribution is 2.40. The molecule has 0 radical (unpaired) electrons. The van der Waals surface area contributed by atoms with Gasteiger partial charge in [-0.2, -0.15) is 0 Å². The van der Waals surface area contributed by atoms with E-state index in [-0.39, 0.29) is 18.1 Å². The number of hydrogen-bond donors (Lipinski definition) is 0. The molecule has 4 rings (SSSR count). The van der Waals surface area contributed by atoms with E-state index in [0.717, 1.165) is 21.2 Å². The topological polar surface area (TPSA) is 51.5 Å². The van der Waals surface area contributed by atoms with Gasteiger partial charge in [-0.25, -0.2) is 0 Å². The Morgan fingerprint density at radius 1 is 0.971 bits per heavy atom. The summed E-state index contributed by atoms with van der Waals surface area (Å²) in [6.07, 6.45) is 0. The number of carbonyl (C=O) groups excluding carboxylic acids is 1. The maximum absolute atomic E-state index is 13.9. The van der Waals surface area contributed by atoms with Crippen LogP contribution in [-0.2, 0) is 13.7 Å². The van der Waals surface area contributed by atoms with E-state index in [1.165, 1.54) is 11.3 Å². The van der Waals surface area contributed by atoms with Crippen LogP contribution < -0.4 is 10.3 Å². The van der Waals surface area contributed by atoms with Crippen LogP contribution in [0.5, 0.6) is 5.75 Å². The summed E-state index contributed by atoms with van der Waals surface area (Å²) in [5, 5.41) is 1.44. The van der Waals surface area contributed by atoms with Crippen LogP contribution in [0.15, 0.2) is 59.4 Å². The first-order valence-electron chi connectivity index (χ1n) is 11.8. The minimum Gasteiger partial charge on any atom is -0.486 e. The molecular weight excluding hydrogens is 444 g/mol. The van der Waals surface area contributed by atoms with Crippen molar-refractivity contribution >= 4 is 38.2 Å². The van der Waals surface area contributed by atoms with E-state index in [1.54, 1.807) is 11.6 Å². The molecule has 0 aliphatic carbocycles. The quantitative estimate of drug-likeness (QED) is 0.309. The molecule has 6 heteroatoms. The average Bonchev–Trinajstić information content (AvgIpc) is 3.20. The van der Waals surface area contributed by atoms with Crippen LogP contribution in [0.25, 0.3) is 21.0 Å². The van der Waals surface area contributed by atoms with E-state index in [1.807, 2.05) is 59.5 Å². The Bertz CT molecular complexity index is 1360. The fraction of sp³-hybridized carbons (Fsp3) is 0.357. The monoisotopic (exact) mass is 476 g/mol. The summed E-state index contributed by atoms with van der Waals surface area (Å²) < 4.78 is 8.74. The number of nitrogens with zero attached hydrogens (tertiary/aromatic N) is 2. The van der Waals surface area contributed by atoms with E-state index in [2.05, 4.69) is 27.7 Å². The number of hydrogen-bond acceptors (Lipinski definition) is 4. The summed E-state index contributed by atoms with van der Waals surface area (Å²) in [7, 11) is 1.77. The molecule has 0 aliphatic rings. The van der Waals surface area contributed by atoms with E-state index >= 15 is 0 Å². The highest BCUT2D eigenvalue weighted by Gasteiger charge is 2.28. The first kappa shape index (κ1) is 24.0. The molecule has 0 spiro atoms. The van der Waals surface area contributed by atoms with Crippen molar-refractivity contribution in [1.29, 1.82) is 0 Å². The normalized spacial score (nSPS) is 11.6. The van der Waals surface area contributed by atoms with Gasteiger partial charge in [0.15, 0.2) is 5.75 Å². The number of carbonyl (C=O) groups is 1. The summed E-state index contributed by atoms with van der Waals surface area (Å²) in [5.74, 6) is 0.995. The Morgan fingerprint density at radius 2 is 1.59 bits per heavy atom. The molecule has 178 valence electrons. The Hall–Kier alpha value is -3.12.